The molecule has 0 unspecified atom stereocenters. The van der Waals surface area contributed by atoms with Gasteiger partial charge in [-0.25, -0.2) is 4.79 Å². The van der Waals surface area contributed by atoms with E-state index in [9.17, 15) is 53.1 Å². The fourth-order valence-electron chi connectivity index (χ4n) is 3.40. The SMILES string of the molecule is CCCCCCCCCCO/C(=C\C(=O)OCCOCCOCCOCCOC)C(F)(F)C(F)(F)C(F)(F)C(F)(F)C(F)(F)F. The Morgan fingerprint density at radius 3 is 1.44 bits per heavy atom. The Labute approximate surface area is 254 Å². The predicted molar refractivity (Wildman–Crippen MR) is 138 cm³/mol. The highest BCUT2D eigenvalue weighted by atomic mass is 19.4. The van der Waals surface area contributed by atoms with E-state index in [4.69, 9.17) is 18.9 Å². The van der Waals surface area contributed by atoms with Gasteiger partial charge in [-0.1, -0.05) is 51.9 Å². The average molecular weight is 687 g/mol. The summed E-state index contributed by atoms with van der Waals surface area (Å²) in [4.78, 5) is 12.0. The Bertz CT molecular complexity index is 838. The van der Waals surface area contributed by atoms with Crippen LogP contribution in [0.5, 0.6) is 0 Å². The normalized spacial score (nSPS) is 13.8. The van der Waals surface area contributed by atoms with Crippen molar-refractivity contribution in [1.29, 1.82) is 0 Å². The lowest BCUT2D eigenvalue weighted by Gasteiger charge is -2.37. The van der Waals surface area contributed by atoms with Crippen LogP contribution < -0.4 is 0 Å². The van der Waals surface area contributed by atoms with E-state index in [0.29, 0.717) is 19.6 Å². The second-order valence-corrected chi connectivity index (χ2v) is 9.62. The van der Waals surface area contributed by atoms with Crippen molar-refractivity contribution in [2.45, 2.75) is 88.2 Å². The topological polar surface area (TPSA) is 72.5 Å². The molecule has 0 aliphatic heterocycles. The molecule has 0 aromatic carbocycles. The third kappa shape index (κ3) is 14.2. The summed E-state index contributed by atoms with van der Waals surface area (Å²) in [6.07, 6.45) is -2.64. The zero-order valence-corrected chi connectivity index (χ0v) is 25.1. The molecule has 7 nitrogen and oxygen atoms in total. The number of esters is 1. The first kappa shape index (κ1) is 43.1. The first-order chi connectivity index (χ1) is 20.9. The number of carbonyl (C=O) groups is 1. The third-order valence-electron chi connectivity index (χ3n) is 6.00. The van der Waals surface area contributed by atoms with Crippen LogP contribution >= 0.6 is 0 Å². The number of unbranched alkanes of at least 4 members (excludes halogenated alkanes) is 7. The van der Waals surface area contributed by atoms with E-state index in [1.54, 1.807) is 0 Å². The Kier molecular flexibility index (Phi) is 20.2. The third-order valence-corrected chi connectivity index (χ3v) is 6.00. The van der Waals surface area contributed by atoms with Gasteiger partial charge in [-0.3, -0.25) is 0 Å². The van der Waals surface area contributed by atoms with Crippen molar-refractivity contribution in [3.63, 3.8) is 0 Å². The van der Waals surface area contributed by atoms with Crippen molar-refractivity contribution in [3.8, 4) is 0 Å². The highest BCUT2D eigenvalue weighted by Crippen LogP contribution is 2.58. The number of ether oxygens (including phenoxy) is 6. The molecule has 0 saturated heterocycles. The quantitative estimate of drug-likeness (QED) is 0.0294. The number of allylic oxidation sites excluding steroid dienone is 1. The van der Waals surface area contributed by atoms with E-state index < -0.39 is 60.9 Å². The molecular formula is C27H41F11O7. The van der Waals surface area contributed by atoms with E-state index in [1.165, 1.54) is 7.11 Å². The van der Waals surface area contributed by atoms with E-state index in [-0.39, 0.29) is 45.9 Å². The summed E-state index contributed by atoms with van der Waals surface area (Å²) in [5, 5.41) is 0. The maximum atomic E-state index is 14.7. The standard InChI is InChI=1S/C27H41F11O7/c1-3-4-5-6-7-8-9-10-11-44-21(23(28,29)24(30,31)25(32,33)26(34,35)27(36,37)38)20-22(39)45-19-18-43-17-16-42-15-14-41-13-12-40-2/h20H,3-19H2,1-2H3/b21-20-. The second kappa shape index (κ2) is 21.1. The first-order valence-electron chi connectivity index (χ1n) is 14.2. The molecule has 0 fully saturated rings. The molecule has 0 aliphatic carbocycles. The van der Waals surface area contributed by atoms with Gasteiger partial charge < -0.3 is 28.4 Å². The van der Waals surface area contributed by atoms with Gasteiger partial charge in [0.1, 0.15) is 6.61 Å². The smallest absolute Gasteiger partial charge is 0.460 e. The molecule has 0 heterocycles. The van der Waals surface area contributed by atoms with Crippen LogP contribution in [0.2, 0.25) is 0 Å². The van der Waals surface area contributed by atoms with Crippen LogP contribution in [0.25, 0.3) is 0 Å². The minimum Gasteiger partial charge on any atom is -0.491 e. The fourth-order valence-corrected chi connectivity index (χ4v) is 3.40. The van der Waals surface area contributed by atoms with Gasteiger partial charge in [0.25, 0.3) is 0 Å². The van der Waals surface area contributed by atoms with Crippen molar-refractivity contribution < 1.29 is 81.5 Å². The lowest BCUT2D eigenvalue weighted by Crippen LogP contribution is -2.66. The van der Waals surface area contributed by atoms with Crippen molar-refractivity contribution in [2.24, 2.45) is 0 Å². The van der Waals surface area contributed by atoms with Gasteiger partial charge in [0.15, 0.2) is 5.76 Å². The average Bonchev–Trinajstić information content (AvgIpc) is 2.95. The maximum Gasteiger partial charge on any atom is 0.460 e. The molecule has 0 aromatic rings. The van der Waals surface area contributed by atoms with Crippen LogP contribution in [-0.2, 0) is 33.2 Å². The summed E-state index contributed by atoms with van der Waals surface area (Å²) < 4.78 is 178. The van der Waals surface area contributed by atoms with Gasteiger partial charge in [-0.2, -0.15) is 48.3 Å². The number of hydrogen-bond acceptors (Lipinski definition) is 7. The minimum absolute atomic E-state index is 0.0365. The molecule has 0 aromatic heterocycles. The number of carbonyl (C=O) groups excluding carboxylic acids is 1. The van der Waals surface area contributed by atoms with Gasteiger partial charge in [-0.15, -0.1) is 0 Å². The van der Waals surface area contributed by atoms with Crippen LogP contribution in [0.15, 0.2) is 11.8 Å². The summed E-state index contributed by atoms with van der Waals surface area (Å²) in [6.45, 7) is 1.33. The maximum absolute atomic E-state index is 14.7. The van der Waals surface area contributed by atoms with E-state index >= 15 is 0 Å². The number of rotatable bonds is 27. The molecular weight excluding hydrogens is 645 g/mol. The second-order valence-electron chi connectivity index (χ2n) is 9.62. The molecule has 0 bridgehead atoms. The summed E-state index contributed by atoms with van der Waals surface area (Å²) in [5.74, 6) is -33.5. The van der Waals surface area contributed by atoms with Crippen LogP contribution in [0.3, 0.4) is 0 Å². The highest BCUT2D eigenvalue weighted by molar-refractivity contribution is 5.82. The Hall–Kier alpha value is -1.92. The molecule has 0 radical (unpaired) electrons. The van der Waals surface area contributed by atoms with Crippen molar-refractivity contribution in [1.82, 2.24) is 0 Å². The van der Waals surface area contributed by atoms with Gasteiger partial charge in [0, 0.05) is 7.11 Å². The van der Waals surface area contributed by atoms with Gasteiger partial charge in [0.05, 0.1) is 58.9 Å². The lowest BCUT2D eigenvalue weighted by atomic mass is 9.96. The highest BCUT2D eigenvalue weighted by Gasteiger charge is 2.88. The van der Waals surface area contributed by atoms with Crippen LogP contribution in [0.4, 0.5) is 48.3 Å². The Balaban J connectivity index is 5.33. The summed E-state index contributed by atoms with van der Waals surface area (Å²) >= 11 is 0. The monoisotopic (exact) mass is 686 g/mol. The van der Waals surface area contributed by atoms with Gasteiger partial charge in [-0.05, 0) is 6.42 Å². The van der Waals surface area contributed by atoms with Crippen LogP contribution in [-0.4, -0.2) is 102 Å². The molecule has 0 atom stereocenters. The summed E-state index contributed by atoms with van der Waals surface area (Å²) in [7, 11) is 1.50. The number of methoxy groups -OCH3 is 1. The van der Waals surface area contributed by atoms with Crippen LogP contribution in [0.1, 0.15) is 58.3 Å². The molecule has 0 saturated carbocycles. The number of halogens is 11. The van der Waals surface area contributed by atoms with E-state index in [1.807, 2.05) is 6.92 Å². The fraction of sp³-hybridized carbons (Fsp3) is 0.889. The molecule has 18 heteroatoms. The summed E-state index contributed by atoms with van der Waals surface area (Å²) in [5.41, 5.74) is 0. The van der Waals surface area contributed by atoms with Gasteiger partial charge in [0.2, 0.25) is 0 Å². The summed E-state index contributed by atoms with van der Waals surface area (Å²) in [6, 6.07) is 0. The number of hydrogen-bond donors (Lipinski definition) is 0. The molecule has 0 aliphatic rings. The first-order valence-corrected chi connectivity index (χ1v) is 14.2. The minimum atomic E-state index is -7.65. The zero-order valence-electron chi connectivity index (χ0n) is 25.1. The van der Waals surface area contributed by atoms with E-state index in [0.717, 1.165) is 32.1 Å². The van der Waals surface area contributed by atoms with Crippen molar-refractivity contribution >= 4 is 5.97 Å². The zero-order chi connectivity index (χ0) is 34.6. The van der Waals surface area contributed by atoms with Crippen LogP contribution in [0, 0.1) is 0 Å². The van der Waals surface area contributed by atoms with E-state index in [2.05, 4.69) is 9.47 Å². The molecule has 268 valence electrons. The number of alkyl halides is 11. The van der Waals surface area contributed by atoms with Crippen molar-refractivity contribution in [3.05, 3.63) is 11.8 Å². The molecule has 0 rings (SSSR count). The molecule has 0 N–H and O–H groups in total. The van der Waals surface area contributed by atoms with Crippen molar-refractivity contribution in [2.75, 3.05) is 66.6 Å². The predicted octanol–water partition coefficient (Wildman–Crippen LogP) is 7.37. The molecule has 0 amide bonds. The Morgan fingerprint density at radius 2 is 0.978 bits per heavy atom. The van der Waals surface area contributed by atoms with Gasteiger partial charge >= 0.3 is 35.8 Å². The lowest BCUT2D eigenvalue weighted by molar-refractivity contribution is -0.420. The molecule has 45 heavy (non-hydrogen) atoms. The Morgan fingerprint density at radius 1 is 0.533 bits per heavy atom. The largest absolute Gasteiger partial charge is 0.491 e. The molecule has 0 spiro atoms.